The summed E-state index contributed by atoms with van der Waals surface area (Å²) in [6.45, 7) is 0.964. The number of carboxylic acids is 1. The maximum Gasteiger partial charge on any atom is 0.325 e. The Bertz CT molecular complexity index is 831. The van der Waals surface area contributed by atoms with E-state index in [2.05, 4.69) is 20.2 Å². The fourth-order valence-corrected chi connectivity index (χ4v) is 2.64. The van der Waals surface area contributed by atoms with E-state index in [4.69, 9.17) is 9.84 Å². The monoisotopic (exact) mass is 314 g/mol. The molecule has 0 aromatic carbocycles. The van der Waals surface area contributed by atoms with E-state index >= 15 is 0 Å². The highest BCUT2D eigenvalue weighted by atomic mass is 16.5. The molecular formula is C14H14N6O3. The minimum absolute atomic E-state index is 0.0963. The number of hydrogen-bond acceptors (Lipinski definition) is 6. The van der Waals surface area contributed by atoms with Crippen molar-refractivity contribution in [3.8, 4) is 11.5 Å². The van der Waals surface area contributed by atoms with Crippen molar-refractivity contribution >= 4 is 11.6 Å². The van der Waals surface area contributed by atoms with Gasteiger partial charge in [-0.15, -0.1) is 0 Å². The smallest absolute Gasteiger partial charge is 0.325 e. The topological polar surface area (TPSA) is 107 Å². The predicted octanol–water partition coefficient (Wildman–Crippen LogP) is 0.576. The van der Waals surface area contributed by atoms with Crippen molar-refractivity contribution in [2.24, 2.45) is 0 Å². The molecule has 0 saturated carbocycles. The molecule has 1 N–H and O–H groups in total. The molecule has 0 spiro atoms. The Morgan fingerprint density at radius 2 is 2.35 bits per heavy atom. The summed E-state index contributed by atoms with van der Waals surface area (Å²) >= 11 is 0. The van der Waals surface area contributed by atoms with Crippen molar-refractivity contribution in [3.05, 3.63) is 30.4 Å². The van der Waals surface area contributed by atoms with Crippen molar-refractivity contribution < 1.29 is 14.6 Å². The predicted molar refractivity (Wildman–Crippen MR) is 77.8 cm³/mol. The molecular weight excluding hydrogens is 300 g/mol. The van der Waals surface area contributed by atoms with Gasteiger partial charge in [0.25, 0.3) is 0 Å². The minimum Gasteiger partial charge on any atom is -0.480 e. The fraction of sp³-hybridized carbons (Fsp3) is 0.357. The molecule has 0 unspecified atom stereocenters. The number of hydrogen-bond donors (Lipinski definition) is 1. The molecule has 23 heavy (non-hydrogen) atoms. The number of carboxylic acid groups (broad SMARTS) is 1. The van der Waals surface area contributed by atoms with Crippen LogP contribution in [0.25, 0.3) is 17.2 Å². The van der Waals surface area contributed by atoms with Gasteiger partial charge < -0.3 is 9.84 Å². The Labute approximate surface area is 130 Å². The van der Waals surface area contributed by atoms with Gasteiger partial charge in [0.05, 0.1) is 6.61 Å². The lowest BCUT2D eigenvalue weighted by atomic mass is 10.1. The van der Waals surface area contributed by atoms with Crippen molar-refractivity contribution in [2.45, 2.75) is 18.9 Å². The molecule has 4 rings (SSSR count). The van der Waals surface area contributed by atoms with E-state index in [0.29, 0.717) is 36.2 Å². The Balaban J connectivity index is 1.79. The van der Waals surface area contributed by atoms with Gasteiger partial charge in [-0.1, -0.05) is 0 Å². The van der Waals surface area contributed by atoms with E-state index in [-0.39, 0.29) is 12.5 Å². The van der Waals surface area contributed by atoms with Crippen LogP contribution in [0.15, 0.2) is 24.5 Å². The third kappa shape index (κ3) is 2.55. The number of aromatic nitrogens is 6. The van der Waals surface area contributed by atoms with Crippen molar-refractivity contribution in [2.75, 3.05) is 13.2 Å². The van der Waals surface area contributed by atoms with Gasteiger partial charge in [-0.2, -0.15) is 10.2 Å². The molecule has 3 aromatic heterocycles. The first-order valence-electron chi connectivity index (χ1n) is 7.26. The molecule has 9 heteroatoms. The lowest BCUT2D eigenvalue weighted by Gasteiger charge is -2.00. The van der Waals surface area contributed by atoms with Gasteiger partial charge in [0.1, 0.15) is 12.2 Å². The average Bonchev–Trinajstić information content (AvgIpc) is 3.25. The standard InChI is InChI=1S/C14H14N6O3/c21-12(22)7-20-14(16-13(18-20)9-2-5-23-8-9)10-6-11-15-3-1-4-19(11)17-10/h1,3-4,6,9H,2,5,7-8H2,(H,21,22)/t9-/m0/s1. The third-order valence-corrected chi connectivity index (χ3v) is 3.73. The molecule has 1 saturated heterocycles. The first-order chi connectivity index (χ1) is 11.2. The summed E-state index contributed by atoms with van der Waals surface area (Å²) in [5.74, 6) is 0.148. The van der Waals surface area contributed by atoms with Crippen LogP contribution < -0.4 is 0 Å². The molecule has 1 aliphatic heterocycles. The van der Waals surface area contributed by atoms with Crippen LogP contribution in [0.2, 0.25) is 0 Å². The Hall–Kier alpha value is -2.81. The summed E-state index contributed by atoms with van der Waals surface area (Å²) in [7, 11) is 0. The first-order valence-corrected chi connectivity index (χ1v) is 7.26. The highest BCUT2D eigenvalue weighted by Crippen LogP contribution is 2.25. The Morgan fingerprint density at radius 1 is 1.43 bits per heavy atom. The van der Waals surface area contributed by atoms with Crippen LogP contribution in [0, 0.1) is 0 Å². The Morgan fingerprint density at radius 3 is 3.09 bits per heavy atom. The molecule has 1 fully saturated rings. The third-order valence-electron chi connectivity index (χ3n) is 3.73. The maximum atomic E-state index is 11.1. The zero-order valence-corrected chi connectivity index (χ0v) is 12.2. The van der Waals surface area contributed by atoms with E-state index in [1.165, 1.54) is 4.68 Å². The zero-order valence-electron chi connectivity index (χ0n) is 12.2. The molecule has 9 nitrogen and oxygen atoms in total. The van der Waals surface area contributed by atoms with Crippen molar-refractivity contribution in [1.82, 2.24) is 29.4 Å². The molecule has 3 aromatic rings. The van der Waals surface area contributed by atoms with Crippen molar-refractivity contribution in [1.29, 1.82) is 0 Å². The first kappa shape index (κ1) is 13.8. The number of rotatable bonds is 4. The van der Waals surface area contributed by atoms with Gasteiger partial charge in [-0.25, -0.2) is 19.2 Å². The molecule has 4 heterocycles. The highest BCUT2D eigenvalue weighted by molar-refractivity contribution is 5.68. The molecule has 0 bridgehead atoms. The summed E-state index contributed by atoms with van der Waals surface area (Å²) in [6, 6.07) is 3.53. The second-order valence-electron chi connectivity index (χ2n) is 5.36. The van der Waals surface area contributed by atoms with E-state index in [1.807, 2.05) is 0 Å². The van der Waals surface area contributed by atoms with Gasteiger partial charge in [0.2, 0.25) is 0 Å². The second kappa shape index (κ2) is 5.43. The van der Waals surface area contributed by atoms with Crippen LogP contribution in [0.3, 0.4) is 0 Å². The van der Waals surface area contributed by atoms with Crippen molar-refractivity contribution in [3.63, 3.8) is 0 Å². The lowest BCUT2D eigenvalue weighted by Crippen LogP contribution is -2.12. The van der Waals surface area contributed by atoms with Crippen LogP contribution in [-0.4, -0.2) is 53.7 Å². The quantitative estimate of drug-likeness (QED) is 0.750. The van der Waals surface area contributed by atoms with Gasteiger partial charge >= 0.3 is 5.97 Å². The summed E-state index contributed by atoms with van der Waals surface area (Å²) in [5, 5.41) is 17.9. The molecule has 0 amide bonds. The summed E-state index contributed by atoms with van der Waals surface area (Å²) < 4.78 is 8.35. The van der Waals surface area contributed by atoms with Gasteiger partial charge in [0.15, 0.2) is 17.3 Å². The number of carbonyl (C=O) groups is 1. The van der Waals surface area contributed by atoms with Crippen LogP contribution in [0.4, 0.5) is 0 Å². The number of aliphatic carboxylic acids is 1. The van der Waals surface area contributed by atoms with E-state index in [9.17, 15) is 4.79 Å². The van der Waals surface area contributed by atoms with Crippen LogP contribution in [0.1, 0.15) is 18.2 Å². The number of fused-ring (bicyclic) bond motifs is 1. The molecule has 1 atom stereocenters. The average molecular weight is 314 g/mol. The second-order valence-corrected chi connectivity index (χ2v) is 5.36. The maximum absolute atomic E-state index is 11.1. The molecule has 0 radical (unpaired) electrons. The summed E-state index contributed by atoms with van der Waals surface area (Å²) in [4.78, 5) is 19.8. The normalized spacial score (nSPS) is 17.8. The van der Waals surface area contributed by atoms with Gasteiger partial charge in [-0.3, -0.25) is 4.79 Å². The minimum atomic E-state index is -0.979. The van der Waals surface area contributed by atoms with Crippen LogP contribution in [-0.2, 0) is 16.1 Å². The summed E-state index contributed by atoms with van der Waals surface area (Å²) in [5.41, 5.74) is 1.21. The highest BCUT2D eigenvalue weighted by Gasteiger charge is 2.25. The number of nitrogens with zero attached hydrogens (tertiary/aromatic N) is 6. The SMILES string of the molecule is O=C(O)Cn1nc([C@H]2CCOC2)nc1-c1cc2ncccn2n1. The van der Waals surface area contributed by atoms with Crippen LogP contribution in [0.5, 0.6) is 0 Å². The Kier molecular flexibility index (Phi) is 3.27. The molecule has 118 valence electrons. The van der Waals surface area contributed by atoms with Crippen LogP contribution >= 0.6 is 0 Å². The number of ether oxygens (including phenoxy) is 1. The summed E-state index contributed by atoms with van der Waals surface area (Å²) in [6.07, 6.45) is 4.28. The molecule has 1 aliphatic rings. The zero-order chi connectivity index (χ0) is 15.8. The van der Waals surface area contributed by atoms with E-state index < -0.39 is 5.97 Å². The largest absolute Gasteiger partial charge is 0.480 e. The van der Waals surface area contributed by atoms with E-state index in [1.54, 1.807) is 29.0 Å². The van der Waals surface area contributed by atoms with Gasteiger partial charge in [-0.05, 0) is 12.5 Å². The molecule has 0 aliphatic carbocycles. The lowest BCUT2D eigenvalue weighted by molar-refractivity contribution is -0.137. The fourth-order valence-electron chi connectivity index (χ4n) is 2.64. The van der Waals surface area contributed by atoms with E-state index in [0.717, 1.165) is 6.42 Å². The van der Waals surface area contributed by atoms with Gasteiger partial charge in [0, 0.05) is 31.0 Å².